The molecule has 0 radical (unpaired) electrons. The van der Waals surface area contributed by atoms with Gasteiger partial charge >= 0.3 is 5.97 Å². The van der Waals surface area contributed by atoms with Crippen LogP contribution >= 0.6 is 0 Å². The van der Waals surface area contributed by atoms with E-state index in [1.807, 2.05) is 4.90 Å². The predicted molar refractivity (Wildman–Crippen MR) is 80.7 cm³/mol. The van der Waals surface area contributed by atoms with Crippen molar-refractivity contribution in [3.63, 3.8) is 0 Å². The average Bonchev–Trinajstić information content (AvgIpc) is 2.85. The average molecular weight is 296 g/mol. The van der Waals surface area contributed by atoms with E-state index in [1.165, 1.54) is 7.11 Å². The molecular formula is C16H28N2O3. The highest BCUT2D eigenvalue weighted by Gasteiger charge is 2.68. The molecule has 5 nitrogen and oxygen atoms in total. The molecule has 0 aromatic heterocycles. The van der Waals surface area contributed by atoms with Crippen LogP contribution in [-0.4, -0.2) is 61.5 Å². The van der Waals surface area contributed by atoms with Crippen LogP contribution in [0.25, 0.3) is 0 Å². The molecule has 21 heavy (non-hydrogen) atoms. The van der Waals surface area contributed by atoms with Crippen LogP contribution in [0.3, 0.4) is 0 Å². The molecule has 0 aromatic carbocycles. The Morgan fingerprint density at radius 1 is 1.05 bits per heavy atom. The minimum atomic E-state index is -0.171. The third-order valence-electron chi connectivity index (χ3n) is 5.81. The highest BCUT2D eigenvalue weighted by atomic mass is 16.5. The molecule has 2 aliphatic rings. The van der Waals surface area contributed by atoms with Crippen molar-refractivity contribution in [3.8, 4) is 0 Å². The van der Waals surface area contributed by atoms with Gasteiger partial charge in [0.2, 0.25) is 5.91 Å². The molecule has 1 aliphatic heterocycles. The van der Waals surface area contributed by atoms with Gasteiger partial charge in [-0.15, -0.1) is 0 Å². The number of hydrogen-bond donors (Lipinski definition) is 0. The number of hydrogen-bond acceptors (Lipinski definition) is 4. The van der Waals surface area contributed by atoms with Crippen molar-refractivity contribution in [1.29, 1.82) is 0 Å². The first-order valence-electron chi connectivity index (χ1n) is 7.79. The molecule has 0 N–H and O–H groups in total. The SMILES string of the molecule is COC(=O)CCN1CCN(C(=O)C2C(C)(C)C2(C)C)CC1. The number of piperazine rings is 1. The first-order chi connectivity index (χ1) is 9.71. The monoisotopic (exact) mass is 296 g/mol. The number of carbonyl (C=O) groups excluding carboxylic acids is 2. The normalized spacial score (nSPS) is 24.7. The van der Waals surface area contributed by atoms with Gasteiger partial charge in [-0.25, -0.2) is 0 Å². The lowest BCUT2D eigenvalue weighted by atomic mass is 10.0. The fraction of sp³-hybridized carbons (Fsp3) is 0.875. The smallest absolute Gasteiger partial charge is 0.306 e. The van der Waals surface area contributed by atoms with E-state index in [9.17, 15) is 9.59 Å². The van der Waals surface area contributed by atoms with Gasteiger partial charge in [-0.3, -0.25) is 14.5 Å². The van der Waals surface area contributed by atoms with Crippen LogP contribution in [0.4, 0.5) is 0 Å². The van der Waals surface area contributed by atoms with Gasteiger partial charge in [0.15, 0.2) is 0 Å². The molecule has 1 saturated heterocycles. The molecule has 0 unspecified atom stereocenters. The summed E-state index contributed by atoms with van der Waals surface area (Å²) in [4.78, 5) is 28.0. The molecule has 0 atom stereocenters. The molecule has 0 aromatic rings. The van der Waals surface area contributed by atoms with Crippen LogP contribution in [-0.2, 0) is 14.3 Å². The third-order valence-corrected chi connectivity index (χ3v) is 5.81. The van der Waals surface area contributed by atoms with E-state index in [2.05, 4.69) is 37.3 Å². The molecule has 2 rings (SSSR count). The summed E-state index contributed by atoms with van der Waals surface area (Å²) in [7, 11) is 1.41. The van der Waals surface area contributed by atoms with Crippen LogP contribution in [0.5, 0.6) is 0 Å². The van der Waals surface area contributed by atoms with Crippen LogP contribution in [0.15, 0.2) is 0 Å². The first kappa shape index (κ1) is 16.3. The van der Waals surface area contributed by atoms with E-state index in [4.69, 9.17) is 0 Å². The Hall–Kier alpha value is -1.10. The van der Waals surface area contributed by atoms with Crippen LogP contribution in [0, 0.1) is 16.7 Å². The van der Waals surface area contributed by atoms with Crippen molar-refractivity contribution in [2.75, 3.05) is 39.8 Å². The molecule has 5 heteroatoms. The first-order valence-corrected chi connectivity index (χ1v) is 7.79. The Kier molecular flexibility index (Phi) is 4.34. The molecule has 1 heterocycles. The van der Waals surface area contributed by atoms with Crippen molar-refractivity contribution in [2.24, 2.45) is 16.7 Å². The Balaban J connectivity index is 1.80. The maximum atomic E-state index is 12.6. The highest BCUT2D eigenvalue weighted by Crippen LogP contribution is 2.68. The fourth-order valence-corrected chi connectivity index (χ4v) is 3.54. The lowest BCUT2D eigenvalue weighted by Gasteiger charge is -2.35. The third kappa shape index (κ3) is 2.93. The zero-order chi connectivity index (χ0) is 15.8. The molecule has 1 aliphatic carbocycles. The maximum Gasteiger partial charge on any atom is 0.306 e. The Morgan fingerprint density at radius 3 is 2.00 bits per heavy atom. The van der Waals surface area contributed by atoms with E-state index in [1.54, 1.807) is 0 Å². The van der Waals surface area contributed by atoms with Crippen molar-refractivity contribution >= 4 is 11.9 Å². The molecular weight excluding hydrogens is 268 g/mol. The number of rotatable bonds is 4. The summed E-state index contributed by atoms with van der Waals surface area (Å²) in [6, 6.07) is 0. The predicted octanol–water partition coefficient (Wildman–Crippen LogP) is 1.38. The van der Waals surface area contributed by atoms with Gasteiger partial charge in [-0.2, -0.15) is 0 Å². The van der Waals surface area contributed by atoms with E-state index >= 15 is 0 Å². The maximum absolute atomic E-state index is 12.6. The van der Waals surface area contributed by atoms with Gasteiger partial charge in [0.1, 0.15) is 0 Å². The fourth-order valence-electron chi connectivity index (χ4n) is 3.54. The zero-order valence-corrected chi connectivity index (χ0v) is 13.9. The minimum absolute atomic E-state index is 0.103. The van der Waals surface area contributed by atoms with E-state index in [-0.39, 0.29) is 22.7 Å². The molecule has 2 fully saturated rings. The standard InChI is InChI=1S/C16H28N2O3/c1-15(2)13(16(15,3)4)14(20)18-10-8-17(9-11-18)7-6-12(19)21-5/h13H,6-11H2,1-5H3. The van der Waals surface area contributed by atoms with Gasteiger partial charge in [0.05, 0.1) is 13.5 Å². The van der Waals surface area contributed by atoms with E-state index < -0.39 is 0 Å². The van der Waals surface area contributed by atoms with Crippen LogP contribution in [0.1, 0.15) is 34.1 Å². The summed E-state index contributed by atoms with van der Waals surface area (Å²) in [6.45, 7) is 12.7. The quantitative estimate of drug-likeness (QED) is 0.735. The van der Waals surface area contributed by atoms with E-state index in [0.29, 0.717) is 12.3 Å². The molecule has 0 bridgehead atoms. The zero-order valence-electron chi connectivity index (χ0n) is 13.9. The summed E-state index contributed by atoms with van der Waals surface area (Å²) in [5, 5.41) is 0. The van der Waals surface area contributed by atoms with Crippen molar-refractivity contribution in [1.82, 2.24) is 9.80 Å². The van der Waals surface area contributed by atoms with Crippen molar-refractivity contribution in [3.05, 3.63) is 0 Å². The molecule has 0 spiro atoms. The van der Waals surface area contributed by atoms with Crippen LogP contribution in [0.2, 0.25) is 0 Å². The molecule has 120 valence electrons. The summed E-state index contributed by atoms with van der Waals surface area (Å²) >= 11 is 0. The second kappa shape index (κ2) is 5.59. The van der Waals surface area contributed by atoms with Gasteiger partial charge in [0.25, 0.3) is 0 Å². The van der Waals surface area contributed by atoms with Crippen molar-refractivity contribution < 1.29 is 14.3 Å². The lowest BCUT2D eigenvalue weighted by molar-refractivity contribution is -0.142. The number of ether oxygens (including phenoxy) is 1. The molecule has 1 amide bonds. The van der Waals surface area contributed by atoms with Crippen molar-refractivity contribution in [2.45, 2.75) is 34.1 Å². The molecule has 1 saturated carbocycles. The summed E-state index contributed by atoms with van der Waals surface area (Å²) in [5.41, 5.74) is 0.207. The number of nitrogens with zero attached hydrogens (tertiary/aromatic N) is 2. The Morgan fingerprint density at radius 2 is 1.57 bits per heavy atom. The summed E-state index contributed by atoms with van der Waals surface area (Å²) in [5.74, 6) is 0.277. The lowest BCUT2D eigenvalue weighted by Crippen LogP contribution is -2.50. The second-order valence-electron chi connectivity index (χ2n) is 7.37. The topological polar surface area (TPSA) is 49.9 Å². The van der Waals surface area contributed by atoms with Gasteiger partial charge in [-0.05, 0) is 10.8 Å². The van der Waals surface area contributed by atoms with Gasteiger partial charge in [-0.1, -0.05) is 27.7 Å². The van der Waals surface area contributed by atoms with E-state index in [0.717, 1.165) is 32.7 Å². The largest absolute Gasteiger partial charge is 0.469 e. The Labute approximate surface area is 127 Å². The number of methoxy groups -OCH3 is 1. The summed E-state index contributed by atoms with van der Waals surface area (Å²) in [6.07, 6.45) is 0.424. The highest BCUT2D eigenvalue weighted by molar-refractivity contribution is 5.84. The number of carbonyl (C=O) groups is 2. The Bertz CT molecular complexity index is 409. The second-order valence-corrected chi connectivity index (χ2v) is 7.37. The van der Waals surface area contributed by atoms with Gasteiger partial charge < -0.3 is 9.64 Å². The van der Waals surface area contributed by atoms with Crippen LogP contribution < -0.4 is 0 Å². The van der Waals surface area contributed by atoms with Gasteiger partial charge in [0, 0.05) is 38.6 Å². The minimum Gasteiger partial charge on any atom is -0.469 e. The number of esters is 1. The summed E-state index contributed by atoms with van der Waals surface area (Å²) < 4.78 is 4.66. The number of amides is 1.